The van der Waals surface area contributed by atoms with Gasteiger partial charge in [0, 0.05) is 13.2 Å². The molecule has 0 aromatic rings. The van der Waals surface area contributed by atoms with Gasteiger partial charge in [-0.2, -0.15) is 0 Å². The Balaban J connectivity index is 2.09. The molecule has 1 heterocycles. The maximum absolute atomic E-state index is 5.68. The van der Waals surface area contributed by atoms with Crippen LogP contribution in [0.5, 0.6) is 0 Å². The lowest BCUT2D eigenvalue weighted by Crippen LogP contribution is -2.40. The van der Waals surface area contributed by atoms with Gasteiger partial charge in [0.05, 0.1) is 11.1 Å². The van der Waals surface area contributed by atoms with Crippen molar-refractivity contribution < 1.29 is 4.74 Å². The summed E-state index contributed by atoms with van der Waals surface area (Å²) >= 11 is 4.86. The molecule has 1 rings (SSSR count). The standard InChI is InChI=1S/C12H24N2OS/c1-2-15-11-6-5-9-14(10-11)8-4-3-7-12(13)16/h11H,2-10H2,1H3,(H2,13,16). The van der Waals surface area contributed by atoms with Crippen molar-refractivity contribution in [1.29, 1.82) is 0 Å². The molecule has 0 bridgehead atoms. The van der Waals surface area contributed by atoms with Gasteiger partial charge in [0.25, 0.3) is 0 Å². The van der Waals surface area contributed by atoms with E-state index in [1.165, 1.54) is 25.8 Å². The fourth-order valence-corrected chi connectivity index (χ4v) is 2.37. The van der Waals surface area contributed by atoms with Crippen molar-refractivity contribution in [3.63, 3.8) is 0 Å². The van der Waals surface area contributed by atoms with Gasteiger partial charge in [-0.3, -0.25) is 0 Å². The van der Waals surface area contributed by atoms with Gasteiger partial charge in [0.1, 0.15) is 0 Å². The molecule has 0 aliphatic carbocycles. The first-order valence-corrected chi connectivity index (χ1v) is 6.75. The number of ether oxygens (including phenoxy) is 1. The van der Waals surface area contributed by atoms with E-state index in [2.05, 4.69) is 11.8 Å². The van der Waals surface area contributed by atoms with Crippen LogP contribution in [0.25, 0.3) is 0 Å². The summed E-state index contributed by atoms with van der Waals surface area (Å²) in [6, 6.07) is 0. The van der Waals surface area contributed by atoms with E-state index < -0.39 is 0 Å². The topological polar surface area (TPSA) is 38.5 Å². The molecule has 4 heteroatoms. The third kappa shape index (κ3) is 5.77. The van der Waals surface area contributed by atoms with Crippen molar-refractivity contribution in [3.05, 3.63) is 0 Å². The largest absolute Gasteiger partial charge is 0.393 e. The molecule has 1 fully saturated rings. The zero-order chi connectivity index (χ0) is 11.8. The maximum Gasteiger partial charge on any atom is 0.0727 e. The smallest absolute Gasteiger partial charge is 0.0727 e. The Morgan fingerprint density at radius 3 is 3.00 bits per heavy atom. The van der Waals surface area contributed by atoms with Gasteiger partial charge < -0.3 is 15.4 Å². The second-order valence-corrected chi connectivity index (χ2v) is 4.97. The minimum absolute atomic E-state index is 0.453. The average Bonchev–Trinajstić information content (AvgIpc) is 2.25. The number of nitrogens with zero attached hydrogens (tertiary/aromatic N) is 1. The van der Waals surface area contributed by atoms with E-state index in [1.807, 2.05) is 0 Å². The first-order valence-electron chi connectivity index (χ1n) is 6.34. The lowest BCUT2D eigenvalue weighted by molar-refractivity contribution is 0.00565. The molecule has 16 heavy (non-hydrogen) atoms. The van der Waals surface area contributed by atoms with Gasteiger partial charge in [0.2, 0.25) is 0 Å². The summed E-state index contributed by atoms with van der Waals surface area (Å²) in [7, 11) is 0. The van der Waals surface area contributed by atoms with E-state index in [0.29, 0.717) is 11.1 Å². The highest BCUT2D eigenvalue weighted by Gasteiger charge is 2.19. The zero-order valence-electron chi connectivity index (χ0n) is 10.3. The SMILES string of the molecule is CCOC1CCCN(CCCCC(N)=S)C1. The molecular formula is C12H24N2OS. The molecular weight excluding hydrogens is 220 g/mol. The second-order valence-electron chi connectivity index (χ2n) is 4.44. The van der Waals surface area contributed by atoms with Crippen LogP contribution in [0.4, 0.5) is 0 Å². The first-order chi connectivity index (χ1) is 7.72. The number of hydrogen-bond donors (Lipinski definition) is 1. The van der Waals surface area contributed by atoms with E-state index in [1.54, 1.807) is 0 Å². The summed E-state index contributed by atoms with van der Waals surface area (Å²) in [6.07, 6.45) is 6.13. The van der Waals surface area contributed by atoms with Gasteiger partial charge in [-0.15, -0.1) is 0 Å². The number of likely N-dealkylation sites (tertiary alicyclic amines) is 1. The fourth-order valence-electron chi connectivity index (χ4n) is 2.22. The summed E-state index contributed by atoms with van der Waals surface area (Å²) in [6.45, 7) is 6.38. The molecule has 0 saturated carbocycles. The van der Waals surface area contributed by atoms with Crippen LogP contribution in [-0.4, -0.2) is 42.2 Å². The highest BCUT2D eigenvalue weighted by Crippen LogP contribution is 2.13. The Hall–Kier alpha value is -0.190. The number of piperidine rings is 1. The lowest BCUT2D eigenvalue weighted by Gasteiger charge is -2.32. The van der Waals surface area contributed by atoms with Crippen molar-refractivity contribution in [3.8, 4) is 0 Å². The molecule has 0 radical (unpaired) electrons. The molecule has 1 saturated heterocycles. The Morgan fingerprint density at radius 1 is 1.50 bits per heavy atom. The number of thiocarbonyl (C=S) groups is 1. The summed E-state index contributed by atoms with van der Waals surface area (Å²) in [5.74, 6) is 0. The summed E-state index contributed by atoms with van der Waals surface area (Å²) in [4.78, 5) is 3.15. The van der Waals surface area contributed by atoms with Crippen molar-refractivity contribution >= 4 is 17.2 Å². The van der Waals surface area contributed by atoms with Gasteiger partial charge in [-0.25, -0.2) is 0 Å². The summed E-state index contributed by atoms with van der Waals surface area (Å²) < 4.78 is 5.68. The maximum atomic E-state index is 5.68. The predicted molar refractivity (Wildman–Crippen MR) is 71.7 cm³/mol. The molecule has 3 nitrogen and oxygen atoms in total. The molecule has 2 N–H and O–H groups in total. The fraction of sp³-hybridized carbons (Fsp3) is 0.917. The van der Waals surface area contributed by atoms with E-state index in [9.17, 15) is 0 Å². The minimum atomic E-state index is 0.453. The van der Waals surface area contributed by atoms with Crippen LogP contribution < -0.4 is 5.73 Å². The third-order valence-corrected chi connectivity index (χ3v) is 3.22. The Labute approximate surface area is 104 Å². The monoisotopic (exact) mass is 244 g/mol. The number of unbranched alkanes of at least 4 members (excludes halogenated alkanes) is 1. The molecule has 0 spiro atoms. The Bertz CT molecular complexity index is 209. The van der Waals surface area contributed by atoms with Crippen molar-refractivity contribution in [2.75, 3.05) is 26.2 Å². The van der Waals surface area contributed by atoms with Crippen LogP contribution in [0.1, 0.15) is 39.0 Å². The minimum Gasteiger partial charge on any atom is -0.393 e. The number of nitrogens with two attached hydrogens (primary N) is 1. The summed E-state index contributed by atoms with van der Waals surface area (Å²) in [5, 5.41) is 0. The highest BCUT2D eigenvalue weighted by atomic mass is 32.1. The van der Waals surface area contributed by atoms with E-state index in [0.717, 1.165) is 32.5 Å². The number of hydrogen-bond acceptors (Lipinski definition) is 3. The predicted octanol–water partition coefficient (Wildman–Crippen LogP) is 1.94. The van der Waals surface area contributed by atoms with Crippen molar-refractivity contribution in [1.82, 2.24) is 4.90 Å². The van der Waals surface area contributed by atoms with Crippen molar-refractivity contribution in [2.45, 2.75) is 45.1 Å². The van der Waals surface area contributed by atoms with E-state index >= 15 is 0 Å². The van der Waals surface area contributed by atoms with Crippen LogP contribution in [0, 0.1) is 0 Å². The van der Waals surface area contributed by atoms with E-state index in [4.69, 9.17) is 22.7 Å². The molecule has 1 unspecified atom stereocenters. The van der Waals surface area contributed by atoms with Gasteiger partial charge in [0.15, 0.2) is 0 Å². The molecule has 0 aromatic heterocycles. The zero-order valence-corrected chi connectivity index (χ0v) is 11.1. The highest BCUT2D eigenvalue weighted by molar-refractivity contribution is 7.80. The Kier molecular flexibility index (Phi) is 6.92. The molecule has 1 aliphatic rings. The van der Waals surface area contributed by atoms with Gasteiger partial charge in [-0.05, 0) is 52.1 Å². The quantitative estimate of drug-likeness (QED) is 0.549. The lowest BCUT2D eigenvalue weighted by atomic mass is 10.1. The normalized spacial score (nSPS) is 22.2. The van der Waals surface area contributed by atoms with Crippen molar-refractivity contribution in [2.24, 2.45) is 5.73 Å². The summed E-state index contributed by atoms with van der Waals surface area (Å²) in [5.41, 5.74) is 5.47. The van der Waals surface area contributed by atoms with E-state index in [-0.39, 0.29) is 0 Å². The Morgan fingerprint density at radius 2 is 2.31 bits per heavy atom. The molecule has 1 aliphatic heterocycles. The van der Waals surface area contributed by atoms with Crippen LogP contribution >= 0.6 is 12.2 Å². The molecule has 0 aromatic carbocycles. The first kappa shape index (κ1) is 13.9. The van der Waals surface area contributed by atoms with Gasteiger partial charge in [-0.1, -0.05) is 12.2 Å². The van der Waals surface area contributed by atoms with Crippen LogP contribution in [0.3, 0.4) is 0 Å². The molecule has 94 valence electrons. The third-order valence-electron chi connectivity index (χ3n) is 3.01. The van der Waals surface area contributed by atoms with Crippen LogP contribution in [0.15, 0.2) is 0 Å². The van der Waals surface area contributed by atoms with Crippen LogP contribution in [0.2, 0.25) is 0 Å². The second kappa shape index (κ2) is 7.98. The van der Waals surface area contributed by atoms with Crippen LogP contribution in [-0.2, 0) is 4.74 Å². The average molecular weight is 244 g/mol. The van der Waals surface area contributed by atoms with Gasteiger partial charge >= 0.3 is 0 Å². The number of rotatable bonds is 7. The molecule has 1 atom stereocenters. The molecule has 0 amide bonds.